The third kappa shape index (κ3) is 7.98. The minimum absolute atomic E-state index is 0.218. The van der Waals surface area contributed by atoms with Crippen LogP contribution in [0, 0.1) is 11.8 Å². The van der Waals surface area contributed by atoms with Crippen LogP contribution in [-0.2, 0) is 9.59 Å². The normalized spacial score (nSPS) is 11.7. The number of hydrogen-bond acceptors (Lipinski definition) is 5. The standard InChI is InChI=1S/C20H32N4O5/c1-13(2)10-11-24(12-17(25)23-28)19(26)18(14(3)4)22-20(27)21-15-8-6-7-9-16(15)29-5/h6-9,13-14,18,28H,10-12H2,1-5H3,(H,23,25)(H2,21,22,27)/t18-/m0/s1. The van der Waals surface area contributed by atoms with Crippen LogP contribution >= 0.6 is 0 Å². The zero-order valence-electron chi connectivity index (χ0n) is 17.7. The molecule has 9 nitrogen and oxygen atoms in total. The molecule has 1 rings (SSSR count). The first-order valence-corrected chi connectivity index (χ1v) is 9.61. The van der Waals surface area contributed by atoms with Crippen LogP contribution < -0.4 is 20.9 Å². The molecular formula is C20H32N4O5. The van der Waals surface area contributed by atoms with Crippen LogP contribution in [0.25, 0.3) is 0 Å². The number of benzene rings is 1. The fourth-order valence-corrected chi connectivity index (χ4v) is 2.65. The fraction of sp³-hybridized carbons (Fsp3) is 0.550. The van der Waals surface area contributed by atoms with Crippen LogP contribution in [0.2, 0.25) is 0 Å². The van der Waals surface area contributed by atoms with Gasteiger partial charge in [0, 0.05) is 6.54 Å². The Morgan fingerprint density at radius 2 is 1.79 bits per heavy atom. The molecule has 0 spiro atoms. The van der Waals surface area contributed by atoms with E-state index in [9.17, 15) is 14.4 Å². The number of para-hydroxylation sites is 2. The van der Waals surface area contributed by atoms with Gasteiger partial charge in [-0.25, -0.2) is 10.3 Å². The molecule has 1 aromatic rings. The minimum Gasteiger partial charge on any atom is -0.495 e. The molecule has 0 aliphatic carbocycles. The Morgan fingerprint density at radius 1 is 1.14 bits per heavy atom. The molecule has 4 N–H and O–H groups in total. The summed E-state index contributed by atoms with van der Waals surface area (Å²) in [5.74, 6) is -0.484. The van der Waals surface area contributed by atoms with Crippen LogP contribution in [0.15, 0.2) is 24.3 Å². The summed E-state index contributed by atoms with van der Waals surface area (Å²) < 4.78 is 5.21. The molecule has 1 aromatic carbocycles. The van der Waals surface area contributed by atoms with Crippen LogP contribution in [0.4, 0.5) is 10.5 Å². The molecule has 1 atom stereocenters. The highest BCUT2D eigenvalue weighted by Crippen LogP contribution is 2.23. The Morgan fingerprint density at radius 3 is 2.34 bits per heavy atom. The summed E-state index contributed by atoms with van der Waals surface area (Å²) in [5, 5.41) is 14.2. The lowest BCUT2D eigenvalue weighted by atomic mass is 10.0. The predicted molar refractivity (Wildman–Crippen MR) is 110 cm³/mol. The molecule has 0 radical (unpaired) electrons. The summed E-state index contributed by atoms with van der Waals surface area (Å²) in [7, 11) is 1.50. The lowest BCUT2D eigenvalue weighted by molar-refractivity contribution is -0.141. The van der Waals surface area contributed by atoms with E-state index in [1.807, 2.05) is 13.8 Å². The first-order valence-electron chi connectivity index (χ1n) is 9.61. The van der Waals surface area contributed by atoms with E-state index in [2.05, 4.69) is 10.6 Å². The number of amides is 4. The van der Waals surface area contributed by atoms with Gasteiger partial charge in [-0.1, -0.05) is 39.8 Å². The van der Waals surface area contributed by atoms with E-state index >= 15 is 0 Å². The first kappa shape index (κ1) is 24.2. The van der Waals surface area contributed by atoms with E-state index in [1.54, 1.807) is 43.6 Å². The number of carbonyl (C=O) groups is 3. The number of methoxy groups -OCH3 is 1. The second kappa shape index (κ2) is 11.9. The van der Waals surface area contributed by atoms with Gasteiger partial charge < -0.3 is 20.3 Å². The van der Waals surface area contributed by atoms with E-state index in [1.165, 1.54) is 12.0 Å². The van der Waals surface area contributed by atoms with E-state index < -0.39 is 18.0 Å². The highest BCUT2D eigenvalue weighted by molar-refractivity contribution is 5.95. The number of rotatable bonds is 10. The summed E-state index contributed by atoms with van der Waals surface area (Å²) in [4.78, 5) is 38.5. The predicted octanol–water partition coefficient (Wildman–Crippen LogP) is 2.22. The molecule has 9 heteroatoms. The molecule has 0 fully saturated rings. The second-order valence-electron chi connectivity index (χ2n) is 7.50. The van der Waals surface area contributed by atoms with Crippen molar-refractivity contribution in [3.05, 3.63) is 24.3 Å². The van der Waals surface area contributed by atoms with Gasteiger partial charge in [-0.05, 0) is 30.4 Å². The van der Waals surface area contributed by atoms with Gasteiger partial charge in [-0.3, -0.25) is 14.8 Å². The molecule has 0 saturated heterocycles. The third-order valence-corrected chi connectivity index (χ3v) is 4.32. The minimum atomic E-state index is -0.844. The Hall–Kier alpha value is -2.81. The van der Waals surface area contributed by atoms with Crippen LogP contribution in [0.1, 0.15) is 34.1 Å². The molecule has 0 saturated carbocycles. The molecular weight excluding hydrogens is 376 g/mol. The molecule has 0 aliphatic rings. The SMILES string of the molecule is COc1ccccc1NC(=O)N[C@H](C(=O)N(CCC(C)C)CC(=O)NO)C(C)C. The summed E-state index contributed by atoms with van der Waals surface area (Å²) in [5.41, 5.74) is 2.02. The Labute approximate surface area is 171 Å². The number of carbonyl (C=O) groups excluding carboxylic acids is 3. The van der Waals surface area contributed by atoms with Gasteiger partial charge in [0.2, 0.25) is 5.91 Å². The lowest BCUT2D eigenvalue weighted by Gasteiger charge is -2.29. The summed E-state index contributed by atoms with van der Waals surface area (Å²) >= 11 is 0. The Kier molecular flexibility index (Phi) is 9.94. The van der Waals surface area contributed by atoms with Gasteiger partial charge in [0.05, 0.1) is 12.8 Å². The van der Waals surface area contributed by atoms with Crippen molar-refractivity contribution in [3.8, 4) is 5.75 Å². The lowest BCUT2D eigenvalue weighted by Crippen LogP contribution is -2.54. The number of nitrogens with zero attached hydrogens (tertiary/aromatic N) is 1. The molecule has 0 aromatic heterocycles. The van der Waals surface area contributed by atoms with Gasteiger partial charge in [0.1, 0.15) is 18.3 Å². The number of nitrogens with one attached hydrogen (secondary N) is 3. The molecule has 0 aliphatic heterocycles. The number of hydrogen-bond donors (Lipinski definition) is 4. The van der Waals surface area contributed by atoms with Crippen LogP contribution in [0.5, 0.6) is 5.75 Å². The highest BCUT2D eigenvalue weighted by atomic mass is 16.5. The zero-order valence-corrected chi connectivity index (χ0v) is 17.7. The van der Waals surface area contributed by atoms with Gasteiger partial charge in [-0.2, -0.15) is 0 Å². The number of urea groups is 1. The largest absolute Gasteiger partial charge is 0.495 e. The maximum atomic E-state index is 13.1. The number of hydroxylamine groups is 1. The van der Waals surface area contributed by atoms with Crippen molar-refractivity contribution in [1.82, 2.24) is 15.7 Å². The third-order valence-electron chi connectivity index (χ3n) is 4.32. The molecule has 4 amide bonds. The van der Waals surface area contributed by atoms with Crippen LogP contribution in [0.3, 0.4) is 0 Å². The Bertz CT molecular complexity index is 693. The van der Waals surface area contributed by atoms with Crippen molar-refractivity contribution in [1.29, 1.82) is 0 Å². The summed E-state index contributed by atoms with van der Waals surface area (Å²) in [6.07, 6.45) is 0.683. The highest BCUT2D eigenvalue weighted by Gasteiger charge is 2.30. The first-order chi connectivity index (χ1) is 13.7. The smallest absolute Gasteiger partial charge is 0.320 e. The maximum absolute atomic E-state index is 13.1. The van der Waals surface area contributed by atoms with Gasteiger partial charge in [-0.15, -0.1) is 0 Å². The Balaban J connectivity index is 2.92. The van der Waals surface area contributed by atoms with Crippen molar-refractivity contribution >= 4 is 23.5 Å². The summed E-state index contributed by atoms with van der Waals surface area (Å²) in [6.45, 7) is 7.67. The second-order valence-corrected chi connectivity index (χ2v) is 7.50. The number of ether oxygens (including phenoxy) is 1. The summed E-state index contributed by atoms with van der Waals surface area (Å²) in [6, 6.07) is 5.53. The van der Waals surface area contributed by atoms with Crippen molar-refractivity contribution in [2.75, 3.05) is 25.5 Å². The average molecular weight is 408 g/mol. The van der Waals surface area contributed by atoms with Gasteiger partial charge >= 0.3 is 6.03 Å². The van der Waals surface area contributed by atoms with E-state index in [-0.39, 0.29) is 18.4 Å². The van der Waals surface area contributed by atoms with Crippen molar-refractivity contribution < 1.29 is 24.3 Å². The average Bonchev–Trinajstić information content (AvgIpc) is 2.68. The molecule has 29 heavy (non-hydrogen) atoms. The van der Waals surface area contributed by atoms with E-state index in [0.717, 1.165) is 0 Å². The monoisotopic (exact) mass is 408 g/mol. The van der Waals surface area contributed by atoms with Crippen molar-refractivity contribution in [2.24, 2.45) is 11.8 Å². The van der Waals surface area contributed by atoms with Gasteiger partial charge in [0.25, 0.3) is 5.91 Å². The van der Waals surface area contributed by atoms with Crippen molar-refractivity contribution in [3.63, 3.8) is 0 Å². The topological polar surface area (TPSA) is 120 Å². The zero-order chi connectivity index (χ0) is 22.0. The van der Waals surface area contributed by atoms with Crippen LogP contribution in [-0.4, -0.2) is 54.2 Å². The van der Waals surface area contributed by atoms with Crippen molar-refractivity contribution in [2.45, 2.75) is 40.2 Å². The molecule has 0 unspecified atom stereocenters. The fourth-order valence-electron chi connectivity index (χ4n) is 2.65. The molecule has 0 heterocycles. The van der Waals surface area contributed by atoms with E-state index in [0.29, 0.717) is 30.3 Å². The van der Waals surface area contributed by atoms with Gasteiger partial charge in [0.15, 0.2) is 0 Å². The molecule has 162 valence electrons. The maximum Gasteiger partial charge on any atom is 0.320 e. The molecule has 0 bridgehead atoms. The quantitative estimate of drug-likeness (QED) is 0.350. The van der Waals surface area contributed by atoms with E-state index in [4.69, 9.17) is 9.94 Å². The number of anilines is 1.